The fourth-order valence-corrected chi connectivity index (χ4v) is 3.29. The van der Waals surface area contributed by atoms with Crippen molar-refractivity contribution in [2.75, 3.05) is 6.26 Å². The molecule has 1 heterocycles. The van der Waals surface area contributed by atoms with Crippen LogP contribution in [0.5, 0.6) is 0 Å². The van der Waals surface area contributed by atoms with Crippen molar-refractivity contribution in [1.82, 2.24) is 9.78 Å². The molecule has 1 aliphatic rings. The first kappa shape index (κ1) is 14.7. The van der Waals surface area contributed by atoms with Gasteiger partial charge in [-0.3, -0.25) is 9.48 Å². The van der Waals surface area contributed by atoms with Crippen LogP contribution in [0.1, 0.15) is 36.2 Å². The van der Waals surface area contributed by atoms with E-state index in [4.69, 9.17) is 11.6 Å². The van der Waals surface area contributed by atoms with Crippen LogP contribution in [0, 0.1) is 5.92 Å². The second-order valence-corrected chi connectivity index (χ2v) is 6.74. The van der Waals surface area contributed by atoms with Gasteiger partial charge in [-0.25, -0.2) is 0 Å². The summed E-state index contributed by atoms with van der Waals surface area (Å²) in [6.45, 7) is 2.15. The normalized spacial score (nSPS) is 16.0. The largest absolute Gasteiger partial charge is 0.298 e. The quantitative estimate of drug-likeness (QED) is 0.591. The maximum atomic E-state index is 11.4. The monoisotopic (exact) mass is 320 g/mol. The Labute approximate surface area is 133 Å². The molecule has 1 unspecified atom stereocenters. The predicted molar refractivity (Wildman–Crippen MR) is 87.3 cm³/mol. The van der Waals surface area contributed by atoms with Gasteiger partial charge in [0.1, 0.15) is 5.69 Å². The van der Waals surface area contributed by atoms with Gasteiger partial charge in [0.25, 0.3) is 0 Å². The van der Waals surface area contributed by atoms with Crippen molar-refractivity contribution >= 4 is 29.6 Å². The van der Waals surface area contributed by atoms with E-state index < -0.39 is 0 Å². The minimum atomic E-state index is 0.335. The molecule has 110 valence electrons. The first-order valence-electron chi connectivity index (χ1n) is 7.02. The van der Waals surface area contributed by atoms with Crippen molar-refractivity contribution in [1.29, 1.82) is 0 Å². The van der Waals surface area contributed by atoms with Crippen molar-refractivity contribution in [3.8, 4) is 11.3 Å². The Kier molecular flexibility index (Phi) is 4.09. The highest BCUT2D eigenvalue weighted by Gasteiger charge is 2.30. The highest BCUT2D eigenvalue weighted by Crippen LogP contribution is 2.40. The molecule has 1 saturated carbocycles. The summed E-state index contributed by atoms with van der Waals surface area (Å²) < 4.78 is 1.91. The number of nitrogens with zero attached hydrogens (tertiary/aromatic N) is 2. The smallest absolute Gasteiger partial charge is 0.153 e. The second kappa shape index (κ2) is 5.85. The van der Waals surface area contributed by atoms with Crippen LogP contribution in [-0.2, 0) is 0 Å². The third-order valence-corrected chi connectivity index (χ3v) is 5.08. The number of hydrogen-bond donors (Lipinski definition) is 0. The summed E-state index contributed by atoms with van der Waals surface area (Å²) >= 11 is 8.00. The SMILES string of the molecule is CSc1ccc(-c2nn(C(C)C3CC3)cc2C=O)c(Cl)c1. The summed E-state index contributed by atoms with van der Waals surface area (Å²) in [5, 5.41) is 5.26. The fraction of sp³-hybridized carbons (Fsp3) is 0.375. The fourth-order valence-electron chi connectivity index (χ4n) is 2.52. The third kappa shape index (κ3) is 2.87. The van der Waals surface area contributed by atoms with E-state index in [1.165, 1.54) is 12.8 Å². The molecule has 0 spiro atoms. The number of aromatic nitrogens is 2. The molecule has 5 heteroatoms. The number of aldehydes is 1. The molecule has 0 aliphatic heterocycles. The Morgan fingerprint density at radius 2 is 2.24 bits per heavy atom. The van der Waals surface area contributed by atoms with Crippen LogP contribution < -0.4 is 0 Å². The van der Waals surface area contributed by atoms with E-state index in [0.717, 1.165) is 16.7 Å². The molecule has 1 atom stereocenters. The van der Waals surface area contributed by atoms with Gasteiger partial charge in [-0.15, -0.1) is 11.8 Å². The first-order valence-corrected chi connectivity index (χ1v) is 8.62. The minimum Gasteiger partial charge on any atom is -0.298 e. The van der Waals surface area contributed by atoms with E-state index in [1.807, 2.05) is 35.3 Å². The second-order valence-electron chi connectivity index (χ2n) is 5.45. The molecule has 0 N–H and O–H groups in total. The van der Waals surface area contributed by atoms with Gasteiger partial charge in [0.2, 0.25) is 0 Å². The molecule has 3 nitrogen and oxygen atoms in total. The molecule has 1 aromatic heterocycles. The lowest BCUT2D eigenvalue weighted by atomic mass is 10.1. The zero-order chi connectivity index (χ0) is 15.0. The van der Waals surface area contributed by atoms with Crippen LogP contribution >= 0.6 is 23.4 Å². The van der Waals surface area contributed by atoms with E-state index in [0.29, 0.717) is 28.2 Å². The number of benzene rings is 1. The van der Waals surface area contributed by atoms with Crippen molar-refractivity contribution in [2.45, 2.75) is 30.7 Å². The van der Waals surface area contributed by atoms with Crippen molar-refractivity contribution in [3.05, 3.63) is 35.0 Å². The van der Waals surface area contributed by atoms with Crippen LogP contribution in [-0.4, -0.2) is 22.3 Å². The zero-order valence-electron chi connectivity index (χ0n) is 12.0. The minimum absolute atomic E-state index is 0.335. The Balaban J connectivity index is 2.02. The Morgan fingerprint density at radius 1 is 1.48 bits per heavy atom. The van der Waals surface area contributed by atoms with Crippen molar-refractivity contribution < 1.29 is 4.79 Å². The van der Waals surface area contributed by atoms with E-state index in [9.17, 15) is 4.79 Å². The molecule has 3 rings (SSSR count). The Bertz CT molecular complexity index is 679. The van der Waals surface area contributed by atoms with E-state index in [-0.39, 0.29) is 0 Å². The van der Waals surface area contributed by atoms with Gasteiger partial charge >= 0.3 is 0 Å². The average molecular weight is 321 g/mol. The van der Waals surface area contributed by atoms with Crippen LogP contribution in [0.4, 0.5) is 0 Å². The number of hydrogen-bond acceptors (Lipinski definition) is 3. The summed E-state index contributed by atoms with van der Waals surface area (Å²) in [6, 6.07) is 6.19. The third-order valence-electron chi connectivity index (χ3n) is 4.04. The molecular weight excluding hydrogens is 304 g/mol. The molecule has 1 aliphatic carbocycles. The van der Waals surface area contributed by atoms with Gasteiger partial charge in [0, 0.05) is 16.7 Å². The topological polar surface area (TPSA) is 34.9 Å². The van der Waals surface area contributed by atoms with Crippen LogP contribution in [0.3, 0.4) is 0 Å². The molecule has 0 bridgehead atoms. The average Bonchev–Trinajstić information content (AvgIpc) is 3.25. The predicted octanol–water partition coefficient (Wildman–Crippen LogP) is 4.71. The highest BCUT2D eigenvalue weighted by molar-refractivity contribution is 7.98. The summed E-state index contributed by atoms with van der Waals surface area (Å²) in [7, 11) is 0. The number of carbonyl (C=O) groups excluding carboxylic acids is 1. The lowest BCUT2D eigenvalue weighted by Crippen LogP contribution is -2.07. The number of halogens is 1. The molecule has 1 fully saturated rings. The summed E-state index contributed by atoms with van der Waals surface area (Å²) in [6.07, 6.45) is 7.20. The summed E-state index contributed by atoms with van der Waals surface area (Å²) in [5.41, 5.74) is 2.09. The molecule has 0 saturated heterocycles. The molecule has 2 aromatic rings. The van der Waals surface area contributed by atoms with Gasteiger partial charge in [0.15, 0.2) is 6.29 Å². The van der Waals surface area contributed by atoms with Gasteiger partial charge in [0.05, 0.1) is 16.6 Å². The number of thioether (sulfide) groups is 1. The van der Waals surface area contributed by atoms with Crippen LogP contribution in [0.2, 0.25) is 5.02 Å². The van der Waals surface area contributed by atoms with Crippen molar-refractivity contribution in [2.24, 2.45) is 5.92 Å². The lowest BCUT2D eigenvalue weighted by molar-refractivity contribution is 0.112. The van der Waals surface area contributed by atoms with Gasteiger partial charge < -0.3 is 0 Å². The van der Waals surface area contributed by atoms with Gasteiger partial charge in [-0.05, 0) is 44.1 Å². The van der Waals surface area contributed by atoms with Crippen molar-refractivity contribution in [3.63, 3.8) is 0 Å². The molecule has 0 amide bonds. The standard InChI is InChI=1S/C16H17ClN2OS/c1-10(11-3-4-11)19-8-12(9-20)16(18-19)14-6-5-13(21-2)7-15(14)17/h5-11H,3-4H2,1-2H3. The lowest BCUT2D eigenvalue weighted by Gasteiger charge is -2.10. The molecule has 21 heavy (non-hydrogen) atoms. The highest BCUT2D eigenvalue weighted by atomic mass is 35.5. The van der Waals surface area contributed by atoms with Gasteiger partial charge in [-0.1, -0.05) is 17.7 Å². The maximum absolute atomic E-state index is 11.4. The molecule has 0 radical (unpaired) electrons. The van der Waals surface area contributed by atoms with Crippen LogP contribution in [0.25, 0.3) is 11.3 Å². The van der Waals surface area contributed by atoms with E-state index in [1.54, 1.807) is 11.8 Å². The Morgan fingerprint density at radius 3 is 2.81 bits per heavy atom. The molecular formula is C16H17ClN2OS. The molecule has 1 aromatic carbocycles. The van der Waals surface area contributed by atoms with Crippen LogP contribution in [0.15, 0.2) is 29.3 Å². The first-order chi connectivity index (χ1) is 10.1. The van der Waals surface area contributed by atoms with Gasteiger partial charge in [-0.2, -0.15) is 5.10 Å². The Hall–Kier alpha value is -1.26. The number of carbonyl (C=O) groups is 1. The number of rotatable bonds is 5. The zero-order valence-corrected chi connectivity index (χ0v) is 13.6. The summed E-state index contributed by atoms with van der Waals surface area (Å²) in [4.78, 5) is 12.5. The van der Waals surface area contributed by atoms with E-state index in [2.05, 4.69) is 12.0 Å². The van der Waals surface area contributed by atoms with E-state index >= 15 is 0 Å². The summed E-state index contributed by atoms with van der Waals surface area (Å²) in [5.74, 6) is 0.687. The maximum Gasteiger partial charge on any atom is 0.153 e.